The van der Waals surface area contributed by atoms with Gasteiger partial charge in [0, 0.05) is 18.3 Å². The second kappa shape index (κ2) is 6.88. The molecule has 4 nitrogen and oxygen atoms in total. The lowest BCUT2D eigenvalue weighted by molar-refractivity contribution is -0.119. The zero-order valence-electron chi connectivity index (χ0n) is 14.8. The van der Waals surface area contributed by atoms with Crippen LogP contribution in [0.15, 0.2) is 5.16 Å². The highest BCUT2D eigenvalue weighted by molar-refractivity contribution is 7.99. The third kappa shape index (κ3) is 4.31. The first kappa shape index (κ1) is 16.9. The Hall–Kier alpha value is -0.970. The number of amides is 1. The van der Waals surface area contributed by atoms with Crippen molar-refractivity contribution in [3.05, 3.63) is 11.4 Å². The number of hydrogen-bond acceptors (Lipinski definition) is 3. The van der Waals surface area contributed by atoms with Crippen LogP contribution in [0.3, 0.4) is 0 Å². The minimum atomic E-state index is 0.174. The molecule has 1 aromatic heterocycles. The van der Waals surface area contributed by atoms with Crippen molar-refractivity contribution in [2.75, 3.05) is 5.75 Å². The highest BCUT2D eigenvalue weighted by Gasteiger charge is 2.42. The number of hydrogen-bond donors (Lipinski definition) is 1. The lowest BCUT2D eigenvalue weighted by Crippen LogP contribution is -2.39. The molecule has 3 rings (SSSR count). The number of nitrogens with one attached hydrogen (secondary N) is 1. The van der Waals surface area contributed by atoms with Crippen molar-refractivity contribution in [2.24, 2.45) is 17.8 Å². The summed E-state index contributed by atoms with van der Waals surface area (Å²) in [4.78, 5) is 17.0. The first-order chi connectivity index (χ1) is 11.0. The first-order valence-electron chi connectivity index (χ1n) is 8.91. The van der Waals surface area contributed by atoms with Gasteiger partial charge in [-0.2, -0.15) is 0 Å². The third-order valence-electron chi connectivity index (χ3n) is 4.89. The van der Waals surface area contributed by atoms with Gasteiger partial charge in [-0.05, 0) is 57.3 Å². The van der Waals surface area contributed by atoms with Crippen LogP contribution in [0.4, 0.5) is 0 Å². The molecule has 0 unspecified atom stereocenters. The van der Waals surface area contributed by atoms with Crippen molar-refractivity contribution in [2.45, 2.75) is 71.1 Å². The second-order valence-electron chi connectivity index (χ2n) is 7.63. The maximum absolute atomic E-state index is 12.3. The van der Waals surface area contributed by atoms with Crippen LogP contribution in [-0.2, 0) is 11.3 Å². The summed E-state index contributed by atoms with van der Waals surface area (Å²) in [6, 6.07) is 0.446. The molecule has 0 radical (unpaired) electrons. The minimum Gasteiger partial charge on any atom is -0.352 e. The quantitative estimate of drug-likeness (QED) is 0.739. The van der Waals surface area contributed by atoms with E-state index in [0.29, 0.717) is 17.7 Å². The molecular weight excluding hydrogens is 306 g/mol. The fraction of sp³-hybridized carbons (Fsp3) is 0.778. The Morgan fingerprint density at radius 3 is 2.39 bits per heavy atom. The van der Waals surface area contributed by atoms with E-state index < -0.39 is 0 Å². The van der Waals surface area contributed by atoms with Crippen LogP contribution in [0, 0.1) is 31.6 Å². The zero-order valence-corrected chi connectivity index (χ0v) is 15.6. The Kier molecular flexibility index (Phi) is 5.04. The van der Waals surface area contributed by atoms with Crippen LogP contribution in [-0.4, -0.2) is 27.3 Å². The number of imidazole rings is 1. The molecule has 1 heterocycles. The van der Waals surface area contributed by atoms with Crippen LogP contribution >= 0.6 is 11.8 Å². The van der Waals surface area contributed by atoms with Gasteiger partial charge in [0.15, 0.2) is 5.16 Å². The summed E-state index contributed by atoms with van der Waals surface area (Å²) < 4.78 is 2.26. The van der Waals surface area contributed by atoms with E-state index in [1.165, 1.54) is 31.4 Å². The van der Waals surface area contributed by atoms with E-state index in [-0.39, 0.29) is 5.91 Å². The number of nitrogens with zero attached hydrogens (tertiary/aromatic N) is 2. The lowest BCUT2D eigenvalue weighted by atomic mass is 10.1. The normalized spacial score (nSPS) is 18.0. The fourth-order valence-electron chi connectivity index (χ4n) is 3.20. The molecule has 0 aromatic carbocycles. The van der Waals surface area contributed by atoms with Gasteiger partial charge in [-0.1, -0.05) is 25.6 Å². The highest BCUT2D eigenvalue weighted by atomic mass is 32.2. The molecule has 0 spiro atoms. The van der Waals surface area contributed by atoms with E-state index in [0.717, 1.165) is 29.2 Å². The average Bonchev–Trinajstić information content (AvgIpc) is 3.37. The summed E-state index contributed by atoms with van der Waals surface area (Å²) in [6.45, 7) is 9.55. The van der Waals surface area contributed by atoms with E-state index in [4.69, 9.17) is 0 Å². The van der Waals surface area contributed by atoms with E-state index >= 15 is 0 Å². The number of rotatable bonds is 8. The molecule has 2 saturated carbocycles. The van der Waals surface area contributed by atoms with Crippen molar-refractivity contribution in [1.82, 2.24) is 14.9 Å². The highest BCUT2D eigenvalue weighted by Crippen LogP contribution is 2.44. The molecule has 0 aliphatic heterocycles. The standard InChI is InChI=1S/C18H29N3OS/c1-11(2)9-21-13(4)12(3)19-18(21)23-10-16(22)20-17(14-5-6-14)15-7-8-15/h11,14-15,17H,5-10H2,1-4H3,(H,20,22). The van der Waals surface area contributed by atoms with Crippen molar-refractivity contribution < 1.29 is 4.79 Å². The Bertz CT molecular complexity index is 561. The SMILES string of the molecule is Cc1nc(SCC(=O)NC(C2CC2)C2CC2)n(CC(C)C)c1C. The predicted molar refractivity (Wildman–Crippen MR) is 94.6 cm³/mol. The van der Waals surface area contributed by atoms with Crippen LogP contribution in [0.2, 0.25) is 0 Å². The summed E-state index contributed by atoms with van der Waals surface area (Å²) in [5.74, 6) is 2.73. The van der Waals surface area contributed by atoms with E-state index in [1.807, 2.05) is 6.92 Å². The van der Waals surface area contributed by atoms with Crippen molar-refractivity contribution in [3.8, 4) is 0 Å². The molecule has 2 fully saturated rings. The molecule has 0 atom stereocenters. The smallest absolute Gasteiger partial charge is 0.230 e. The molecule has 128 valence electrons. The fourth-order valence-corrected chi connectivity index (χ4v) is 4.12. The molecule has 1 amide bonds. The molecule has 2 aliphatic carbocycles. The van der Waals surface area contributed by atoms with E-state index in [1.54, 1.807) is 11.8 Å². The molecule has 1 aromatic rings. The van der Waals surface area contributed by atoms with E-state index in [9.17, 15) is 4.79 Å². The van der Waals surface area contributed by atoms with Gasteiger partial charge < -0.3 is 9.88 Å². The third-order valence-corrected chi connectivity index (χ3v) is 5.87. The van der Waals surface area contributed by atoms with Gasteiger partial charge in [-0.15, -0.1) is 0 Å². The van der Waals surface area contributed by atoms with Crippen molar-refractivity contribution >= 4 is 17.7 Å². The predicted octanol–water partition coefficient (Wildman–Crippen LogP) is 3.55. The molecule has 2 aliphatic rings. The van der Waals surface area contributed by atoms with Gasteiger partial charge in [-0.25, -0.2) is 4.98 Å². The number of carbonyl (C=O) groups excluding carboxylic acids is 1. The minimum absolute atomic E-state index is 0.174. The van der Waals surface area contributed by atoms with E-state index in [2.05, 4.69) is 35.6 Å². The summed E-state index contributed by atoms with van der Waals surface area (Å²) in [7, 11) is 0. The van der Waals surface area contributed by atoms with Crippen LogP contribution in [0.1, 0.15) is 50.9 Å². The summed E-state index contributed by atoms with van der Waals surface area (Å²) >= 11 is 1.58. The summed E-state index contributed by atoms with van der Waals surface area (Å²) in [6.07, 6.45) is 5.19. The molecule has 5 heteroatoms. The Morgan fingerprint density at radius 1 is 1.26 bits per heavy atom. The Balaban J connectivity index is 1.57. The summed E-state index contributed by atoms with van der Waals surface area (Å²) in [5.41, 5.74) is 2.29. The zero-order chi connectivity index (χ0) is 16.6. The van der Waals surface area contributed by atoms with Gasteiger partial charge >= 0.3 is 0 Å². The molecule has 23 heavy (non-hydrogen) atoms. The maximum atomic E-state index is 12.3. The molecular formula is C18H29N3OS. The van der Waals surface area contributed by atoms with Crippen LogP contribution in [0.5, 0.6) is 0 Å². The van der Waals surface area contributed by atoms with Crippen molar-refractivity contribution in [3.63, 3.8) is 0 Å². The average molecular weight is 336 g/mol. The molecule has 0 saturated heterocycles. The van der Waals surface area contributed by atoms with Gasteiger partial charge in [0.05, 0.1) is 11.4 Å². The van der Waals surface area contributed by atoms with Crippen molar-refractivity contribution in [1.29, 1.82) is 0 Å². The van der Waals surface area contributed by atoms with Crippen LogP contribution < -0.4 is 5.32 Å². The lowest BCUT2D eigenvalue weighted by Gasteiger charge is -2.17. The van der Waals surface area contributed by atoms with Crippen LogP contribution in [0.25, 0.3) is 0 Å². The Labute approximate surface area is 143 Å². The molecule has 0 bridgehead atoms. The van der Waals surface area contributed by atoms with Gasteiger partial charge in [0.1, 0.15) is 0 Å². The second-order valence-corrected chi connectivity index (χ2v) is 8.57. The number of aryl methyl sites for hydroxylation is 1. The largest absolute Gasteiger partial charge is 0.352 e. The van der Waals surface area contributed by atoms with Gasteiger partial charge in [0.2, 0.25) is 5.91 Å². The summed E-state index contributed by atoms with van der Waals surface area (Å²) in [5, 5.41) is 4.28. The number of aromatic nitrogens is 2. The first-order valence-corrected chi connectivity index (χ1v) is 9.90. The Morgan fingerprint density at radius 2 is 1.87 bits per heavy atom. The number of thioether (sulfide) groups is 1. The van der Waals surface area contributed by atoms with Gasteiger partial charge in [-0.3, -0.25) is 4.79 Å². The molecule has 1 N–H and O–H groups in total. The topological polar surface area (TPSA) is 46.9 Å². The number of carbonyl (C=O) groups is 1. The monoisotopic (exact) mass is 335 g/mol. The maximum Gasteiger partial charge on any atom is 0.230 e. The van der Waals surface area contributed by atoms with Gasteiger partial charge in [0.25, 0.3) is 0 Å².